The van der Waals surface area contributed by atoms with Crippen molar-refractivity contribution in [3.05, 3.63) is 60.2 Å². The normalized spacial score (nSPS) is 11.6. The van der Waals surface area contributed by atoms with Gasteiger partial charge in [-0.2, -0.15) is 0 Å². The fraction of sp³-hybridized carbons (Fsp3) is 0.318. The summed E-state index contributed by atoms with van der Waals surface area (Å²) in [4.78, 5) is 14.3. The van der Waals surface area contributed by atoms with E-state index in [9.17, 15) is 13.2 Å². The van der Waals surface area contributed by atoms with Crippen molar-refractivity contribution in [3.63, 3.8) is 0 Å². The number of nitrogens with one attached hydrogen (secondary N) is 3. The number of benzene rings is 2. The van der Waals surface area contributed by atoms with Gasteiger partial charge in [-0.3, -0.25) is 10.0 Å². The lowest BCUT2D eigenvalue weighted by molar-refractivity contribution is -0.129. The Morgan fingerprint density at radius 1 is 0.967 bits per heavy atom. The van der Waals surface area contributed by atoms with Crippen LogP contribution < -0.4 is 10.2 Å². The Balaban J connectivity index is 1.45. The second-order valence-electron chi connectivity index (χ2n) is 7.32. The van der Waals surface area contributed by atoms with Crippen LogP contribution in [0.3, 0.4) is 0 Å². The van der Waals surface area contributed by atoms with Crippen LogP contribution in [0.5, 0.6) is 0 Å². The summed E-state index contributed by atoms with van der Waals surface area (Å²) in [5.74, 6) is -0.456. The summed E-state index contributed by atoms with van der Waals surface area (Å²) < 4.78 is 27.2. The first-order chi connectivity index (χ1) is 14.5. The van der Waals surface area contributed by atoms with Crippen LogP contribution in [0.2, 0.25) is 0 Å². The van der Waals surface area contributed by atoms with Crippen LogP contribution in [0.15, 0.2) is 54.6 Å². The number of aromatic amines is 1. The van der Waals surface area contributed by atoms with Crippen LogP contribution in [0.25, 0.3) is 22.2 Å². The van der Waals surface area contributed by atoms with E-state index in [1.165, 1.54) is 0 Å². The average Bonchev–Trinajstić information content (AvgIpc) is 3.17. The average molecular weight is 430 g/mol. The number of carbonyl (C=O) groups excluding carboxylic acids is 1. The van der Waals surface area contributed by atoms with Crippen LogP contribution >= 0.6 is 0 Å². The fourth-order valence-corrected chi connectivity index (χ4v) is 4.52. The predicted octanol–water partition coefficient (Wildman–Crippen LogP) is 3.71. The molecule has 0 saturated carbocycles. The Morgan fingerprint density at radius 2 is 1.70 bits per heavy atom. The zero-order valence-corrected chi connectivity index (χ0v) is 17.5. The van der Waals surface area contributed by atoms with Crippen LogP contribution in [0.4, 0.5) is 0 Å². The molecule has 0 aliphatic carbocycles. The summed E-state index contributed by atoms with van der Waals surface area (Å²) in [5, 5.41) is 9.55. The number of rotatable bonds is 11. The zero-order valence-electron chi connectivity index (χ0n) is 16.7. The van der Waals surface area contributed by atoms with Crippen molar-refractivity contribution in [2.24, 2.45) is 0 Å². The third-order valence-corrected chi connectivity index (χ3v) is 6.29. The fourth-order valence-electron chi connectivity index (χ4n) is 3.33. The monoisotopic (exact) mass is 429 g/mol. The maximum atomic E-state index is 12.3. The number of hydrogen-bond acceptors (Lipinski definition) is 4. The molecule has 0 radical (unpaired) electrons. The number of amides is 1. The molecule has 4 N–H and O–H groups in total. The van der Waals surface area contributed by atoms with Crippen molar-refractivity contribution < 1.29 is 18.4 Å². The van der Waals surface area contributed by atoms with Gasteiger partial charge in [-0.05, 0) is 36.1 Å². The van der Waals surface area contributed by atoms with E-state index in [0.29, 0.717) is 19.4 Å². The number of hydroxylamine groups is 1. The molecule has 1 amide bonds. The molecule has 0 spiro atoms. The van der Waals surface area contributed by atoms with E-state index in [4.69, 9.17) is 5.21 Å². The SMILES string of the molecule is O=C(CCCCCCNS(=O)(=O)Cc1ccc(-c2cc3ccccc3[nH]2)cc1)NO. The third kappa shape index (κ3) is 6.41. The van der Waals surface area contributed by atoms with Gasteiger partial charge in [0.05, 0.1) is 5.75 Å². The molecule has 0 aliphatic heterocycles. The first kappa shape index (κ1) is 22.0. The highest BCUT2D eigenvalue weighted by Crippen LogP contribution is 2.24. The minimum atomic E-state index is -3.40. The molecule has 0 fully saturated rings. The molecule has 3 rings (SSSR count). The lowest BCUT2D eigenvalue weighted by Crippen LogP contribution is -2.26. The quantitative estimate of drug-likeness (QED) is 0.211. The molecule has 1 aromatic heterocycles. The maximum absolute atomic E-state index is 12.3. The highest BCUT2D eigenvalue weighted by Gasteiger charge is 2.11. The molecule has 1 heterocycles. The number of para-hydroxylation sites is 1. The Hall–Kier alpha value is -2.68. The van der Waals surface area contributed by atoms with Crippen LogP contribution in [0.1, 0.15) is 37.7 Å². The number of carbonyl (C=O) groups is 1. The predicted molar refractivity (Wildman–Crippen MR) is 117 cm³/mol. The molecule has 160 valence electrons. The van der Waals surface area contributed by atoms with E-state index in [-0.39, 0.29) is 12.2 Å². The summed E-state index contributed by atoms with van der Waals surface area (Å²) in [6.07, 6.45) is 3.28. The summed E-state index contributed by atoms with van der Waals surface area (Å²) in [6, 6.07) is 17.7. The van der Waals surface area contributed by atoms with Crippen molar-refractivity contribution in [2.75, 3.05) is 6.54 Å². The molecule has 0 aliphatic rings. The molecule has 7 nitrogen and oxygen atoms in total. The topological polar surface area (TPSA) is 111 Å². The van der Waals surface area contributed by atoms with E-state index in [0.717, 1.165) is 40.6 Å². The third-order valence-electron chi connectivity index (χ3n) is 4.93. The largest absolute Gasteiger partial charge is 0.355 e. The highest BCUT2D eigenvalue weighted by atomic mass is 32.2. The van der Waals surface area contributed by atoms with Crippen molar-refractivity contribution in [1.29, 1.82) is 0 Å². The standard InChI is InChI=1S/C22H27N3O4S/c26-22(25-27)9-3-1-2-6-14-23-30(28,29)16-17-10-12-18(13-11-17)21-15-19-7-4-5-8-20(19)24-21/h4-5,7-8,10-13,15,23-24,27H,1-3,6,9,14,16H2,(H,25,26). The minimum absolute atomic E-state index is 0.0589. The van der Waals surface area contributed by atoms with Crippen molar-refractivity contribution in [2.45, 2.75) is 37.9 Å². The molecule has 0 saturated heterocycles. The van der Waals surface area contributed by atoms with Gasteiger partial charge in [0.1, 0.15) is 0 Å². The molecular formula is C22H27N3O4S. The number of hydrogen-bond donors (Lipinski definition) is 4. The maximum Gasteiger partial charge on any atom is 0.243 e. The number of sulfonamides is 1. The Labute approximate surface area is 176 Å². The van der Waals surface area contributed by atoms with Crippen molar-refractivity contribution in [3.8, 4) is 11.3 Å². The van der Waals surface area contributed by atoms with Gasteiger partial charge in [0.2, 0.25) is 15.9 Å². The second-order valence-corrected chi connectivity index (χ2v) is 9.13. The molecule has 0 unspecified atom stereocenters. The van der Waals surface area contributed by atoms with Crippen LogP contribution in [-0.4, -0.2) is 31.1 Å². The summed E-state index contributed by atoms with van der Waals surface area (Å²) >= 11 is 0. The molecule has 30 heavy (non-hydrogen) atoms. The van der Waals surface area contributed by atoms with Gasteiger partial charge in [-0.1, -0.05) is 55.3 Å². The Morgan fingerprint density at radius 3 is 2.43 bits per heavy atom. The van der Waals surface area contributed by atoms with E-state index in [1.54, 1.807) is 5.48 Å². The van der Waals surface area contributed by atoms with Gasteiger partial charge in [0, 0.05) is 29.6 Å². The minimum Gasteiger partial charge on any atom is -0.355 e. The number of aromatic nitrogens is 1. The van der Waals surface area contributed by atoms with Gasteiger partial charge >= 0.3 is 0 Å². The summed E-state index contributed by atoms with van der Waals surface area (Å²) in [7, 11) is -3.40. The molecule has 0 atom stereocenters. The Bertz CT molecular complexity index is 1040. The Kier molecular flexibility index (Phi) is 7.62. The molecule has 3 aromatic rings. The van der Waals surface area contributed by atoms with Gasteiger partial charge in [0.25, 0.3) is 0 Å². The smallest absolute Gasteiger partial charge is 0.243 e. The van der Waals surface area contributed by atoms with Gasteiger partial charge < -0.3 is 4.98 Å². The lowest BCUT2D eigenvalue weighted by atomic mass is 10.1. The van der Waals surface area contributed by atoms with Crippen molar-refractivity contribution >= 4 is 26.8 Å². The van der Waals surface area contributed by atoms with E-state index >= 15 is 0 Å². The molecule has 2 aromatic carbocycles. The van der Waals surface area contributed by atoms with Crippen LogP contribution in [0, 0.1) is 0 Å². The molecule has 0 bridgehead atoms. The first-order valence-corrected chi connectivity index (χ1v) is 11.7. The second kappa shape index (κ2) is 10.4. The van der Waals surface area contributed by atoms with Crippen molar-refractivity contribution in [1.82, 2.24) is 15.2 Å². The first-order valence-electron chi connectivity index (χ1n) is 10.0. The number of H-pyrrole nitrogens is 1. The number of fused-ring (bicyclic) bond motifs is 1. The number of unbranched alkanes of at least 4 members (excludes halogenated alkanes) is 3. The van der Waals surface area contributed by atoms with Gasteiger partial charge in [-0.15, -0.1) is 0 Å². The van der Waals surface area contributed by atoms with Crippen LogP contribution in [-0.2, 0) is 20.6 Å². The van der Waals surface area contributed by atoms with E-state index in [2.05, 4.69) is 15.8 Å². The van der Waals surface area contributed by atoms with E-state index in [1.807, 2.05) is 48.5 Å². The lowest BCUT2D eigenvalue weighted by Gasteiger charge is -2.07. The zero-order chi connectivity index (χ0) is 21.4. The van der Waals surface area contributed by atoms with E-state index < -0.39 is 15.9 Å². The summed E-state index contributed by atoms with van der Waals surface area (Å²) in [6.45, 7) is 0.377. The highest BCUT2D eigenvalue weighted by molar-refractivity contribution is 7.88. The molecule has 8 heteroatoms. The summed E-state index contributed by atoms with van der Waals surface area (Å²) in [5.41, 5.74) is 5.41. The van der Waals surface area contributed by atoms with Gasteiger partial charge in [-0.25, -0.2) is 18.6 Å². The van der Waals surface area contributed by atoms with Gasteiger partial charge in [0.15, 0.2) is 0 Å². The molecular weight excluding hydrogens is 402 g/mol.